The van der Waals surface area contributed by atoms with Crippen LogP contribution in [0.2, 0.25) is 13.1 Å². The zero-order valence-corrected chi connectivity index (χ0v) is 21.2. The second kappa shape index (κ2) is 12.1. The molecule has 1 aliphatic rings. The molecule has 0 radical (unpaired) electrons. The Kier molecular flexibility index (Phi) is 11.0. The summed E-state index contributed by atoms with van der Waals surface area (Å²) in [6.07, 6.45) is 10.5. The summed E-state index contributed by atoms with van der Waals surface area (Å²) in [5, 5.41) is 11.1. The van der Waals surface area contributed by atoms with E-state index >= 15 is 0 Å². The number of esters is 1. The average Bonchev–Trinajstić information content (AvgIpc) is 2.58. The first-order valence-electron chi connectivity index (χ1n) is 11.8. The summed E-state index contributed by atoms with van der Waals surface area (Å²) in [5.74, 6) is 1.42. The maximum atomic E-state index is 12.0. The van der Waals surface area contributed by atoms with Crippen LogP contribution in [0.15, 0.2) is 11.8 Å². The van der Waals surface area contributed by atoms with E-state index in [9.17, 15) is 9.90 Å². The number of carbonyl (C=O) groups excluding carboxylic acids is 1. The van der Waals surface area contributed by atoms with Crippen LogP contribution < -0.4 is 0 Å². The van der Waals surface area contributed by atoms with Crippen LogP contribution in [0.5, 0.6) is 0 Å². The Bertz CT molecular complexity index is 523. The lowest BCUT2D eigenvalue weighted by molar-refractivity contribution is -0.150. The highest BCUT2D eigenvalue weighted by Gasteiger charge is 2.39. The first kappa shape index (κ1) is 26.2. The highest BCUT2D eigenvalue weighted by molar-refractivity contribution is 6.48. The third kappa shape index (κ3) is 9.69. The molecular weight excluding hydrogens is 380 g/mol. The van der Waals surface area contributed by atoms with Crippen molar-refractivity contribution in [3.05, 3.63) is 11.8 Å². The summed E-state index contributed by atoms with van der Waals surface area (Å²) >= 11 is 0. The van der Waals surface area contributed by atoms with Crippen molar-refractivity contribution in [2.24, 2.45) is 17.3 Å². The molecule has 0 aromatic heterocycles. The number of aliphatic hydroxyl groups is 1. The molecule has 1 N–H and O–H groups in total. The summed E-state index contributed by atoms with van der Waals surface area (Å²) in [4.78, 5) is 12.0. The second-order valence-corrected chi connectivity index (χ2v) is 12.5. The molecule has 0 heterocycles. The van der Waals surface area contributed by atoms with E-state index in [1.165, 1.54) is 25.7 Å². The van der Waals surface area contributed by atoms with Gasteiger partial charge in [-0.05, 0) is 69.5 Å². The topological polar surface area (TPSA) is 55.8 Å². The largest absolute Gasteiger partial charge is 0.550 e. The zero-order valence-electron chi connectivity index (χ0n) is 20.1. The van der Waals surface area contributed by atoms with Crippen molar-refractivity contribution in [2.45, 2.75) is 111 Å². The lowest BCUT2D eigenvalue weighted by Gasteiger charge is -2.38. The van der Waals surface area contributed by atoms with Crippen LogP contribution in [0, 0.1) is 17.3 Å². The Morgan fingerprint density at radius 2 is 1.97 bits per heavy atom. The molecule has 0 aromatic carbocycles. The van der Waals surface area contributed by atoms with Gasteiger partial charge in [0, 0.05) is 5.92 Å². The van der Waals surface area contributed by atoms with E-state index in [0.29, 0.717) is 25.4 Å². The Balaban J connectivity index is 3.04. The summed E-state index contributed by atoms with van der Waals surface area (Å²) < 4.78 is 11.5. The first-order valence-corrected chi connectivity index (χ1v) is 14.5. The molecule has 0 amide bonds. The molecule has 0 aromatic rings. The Morgan fingerprint density at radius 3 is 2.52 bits per heavy atom. The fraction of sp³-hybridized carbons (Fsp3) is 0.875. The summed E-state index contributed by atoms with van der Waals surface area (Å²) in [5.41, 5.74) is -0.799. The zero-order chi connectivity index (χ0) is 22.1. The van der Waals surface area contributed by atoms with Gasteiger partial charge in [0.1, 0.15) is 0 Å². The van der Waals surface area contributed by atoms with Gasteiger partial charge in [-0.15, -0.1) is 0 Å². The predicted octanol–water partition coefficient (Wildman–Crippen LogP) is 5.99. The van der Waals surface area contributed by atoms with E-state index in [4.69, 9.17) is 9.16 Å². The van der Waals surface area contributed by atoms with Gasteiger partial charge in [-0.2, -0.15) is 0 Å². The minimum absolute atomic E-state index is 0.0862. The van der Waals surface area contributed by atoms with Crippen molar-refractivity contribution in [2.75, 3.05) is 6.61 Å². The third-order valence-corrected chi connectivity index (χ3v) is 6.71. The maximum Gasteiger partial charge on any atom is 0.308 e. The molecule has 0 aliphatic heterocycles. The van der Waals surface area contributed by atoms with E-state index in [-0.39, 0.29) is 23.7 Å². The number of hydrogen-bond donors (Lipinski definition) is 1. The molecule has 1 fully saturated rings. The number of unbranched alkanes of at least 4 members (excludes halogenated alkanes) is 2. The van der Waals surface area contributed by atoms with Gasteiger partial charge in [-0.1, -0.05) is 47.0 Å². The molecule has 29 heavy (non-hydrogen) atoms. The lowest BCUT2D eigenvalue weighted by Crippen LogP contribution is -2.39. The normalized spacial score (nSPS) is 24.4. The van der Waals surface area contributed by atoms with Gasteiger partial charge in [-0.25, -0.2) is 0 Å². The highest BCUT2D eigenvalue weighted by Crippen LogP contribution is 2.41. The molecule has 3 unspecified atom stereocenters. The molecule has 170 valence electrons. The van der Waals surface area contributed by atoms with Gasteiger partial charge < -0.3 is 14.3 Å². The molecule has 0 spiro atoms. The van der Waals surface area contributed by atoms with E-state index in [0.717, 1.165) is 18.6 Å². The van der Waals surface area contributed by atoms with Crippen molar-refractivity contribution < 1.29 is 19.1 Å². The lowest BCUT2D eigenvalue weighted by atomic mass is 9.73. The van der Waals surface area contributed by atoms with Crippen molar-refractivity contribution in [3.63, 3.8) is 0 Å². The van der Waals surface area contributed by atoms with Crippen LogP contribution in [-0.2, 0) is 14.0 Å². The number of carbonyl (C=O) groups is 1. The Hall–Kier alpha value is -0.813. The molecule has 1 saturated carbocycles. The number of ether oxygens (including phenoxy) is 1. The maximum absolute atomic E-state index is 12.0. The van der Waals surface area contributed by atoms with E-state index in [2.05, 4.69) is 46.9 Å². The standard InChI is InChI=1S/C24H46O4Si/c1-8-10-11-14-20(23(3,4)5)16-21(28-29(6)7)19-13-12-15-24(26,17-19)18-22(25)27-9-2/h16,19-20,26,29H,8-15,17-18H2,1-7H3/b21-16+. The van der Waals surface area contributed by atoms with Crippen molar-refractivity contribution >= 4 is 15.0 Å². The monoisotopic (exact) mass is 426 g/mol. The predicted molar refractivity (Wildman–Crippen MR) is 123 cm³/mol. The van der Waals surface area contributed by atoms with Crippen molar-refractivity contribution in [1.82, 2.24) is 0 Å². The van der Waals surface area contributed by atoms with E-state index in [1.54, 1.807) is 6.92 Å². The molecule has 1 aliphatic carbocycles. The third-order valence-electron chi connectivity index (χ3n) is 5.97. The van der Waals surface area contributed by atoms with Gasteiger partial charge in [0.2, 0.25) is 9.04 Å². The van der Waals surface area contributed by atoms with Crippen LogP contribution >= 0.6 is 0 Å². The molecule has 5 heteroatoms. The van der Waals surface area contributed by atoms with Crippen LogP contribution in [0.1, 0.15) is 92.4 Å². The van der Waals surface area contributed by atoms with Gasteiger partial charge in [0.25, 0.3) is 0 Å². The number of allylic oxidation sites excluding steroid dienone is 2. The molecule has 0 bridgehead atoms. The second-order valence-electron chi connectivity index (χ2n) is 10.2. The fourth-order valence-electron chi connectivity index (χ4n) is 4.35. The Labute approximate surface area is 181 Å². The minimum atomic E-state index is -1.27. The fourth-order valence-corrected chi connectivity index (χ4v) is 5.16. The van der Waals surface area contributed by atoms with Crippen LogP contribution in [0.3, 0.4) is 0 Å². The smallest absolute Gasteiger partial charge is 0.308 e. The first-order chi connectivity index (χ1) is 13.5. The van der Waals surface area contributed by atoms with Crippen molar-refractivity contribution in [3.8, 4) is 0 Å². The Morgan fingerprint density at radius 1 is 1.28 bits per heavy atom. The molecule has 1 rings (SSSR count). The minimum Gasteiger partial charge on any atom is -0.550 e. The quantitative estimate of drug-likeness (QED) is 0.191. The number of hydrogen-bond acceptors (Lipinski definition) is 4. The molecule has 3 atom stereocenters. The molecule has 0 saturated heterocycles. The summed E-state index contributed by atoms with van der Waals surface area (Å²) in [6.45, 7) is 15.7. The highest BCUT2D eigenvalue weighted by atomic mass is 28.3. The number of rotatable bonds is 11. The summed E-state index contributed by atoms with van der Waals surface area (Å²) in [7, 11) is -1.27. The average molecular weight is 427 g/mol. The van der Waals surface area contributed by atoms with Gasteiger partial charge in [0.05, 0.1) is 24.4 Å². The van der Waals surface area contributed by atoms with Crippen LogP contribution in [-0.4, -0.2) is 32.3 Å². The van der Waals surface area contributed by atoms with E-state index in [1.807, 2.05) is 0 Å². The summed E-state index contributed by atoms with van der Waals surface area (Å²) in [6, 6.07) is 0. The van der Waals surface area contributed by atoms with E-state index < -0.39 is 14.6 Å². The van der Waals surface area contributed by atoms with Crippen molar-refractivity contribution in [1.29, 1.82) is 0 Å². The molecule has 4 nitrogen and oxygen atoms in total. The SMILES string of the molecule is CCCCCC(/C=C(/O[SiH](C)C)C1CCCC(O)(CC(=O)OCC)C1)C(C)(C)C. The van der Waals surface area contributed by atoms with Crippen LogP contribution in [0.4, 0.5) is 0 Å². The van der Waals surface area contributed by atoms with Gasteiger partial charge >= 0.3 is 5.97 Å². The molecular formula is C24H46O4Si. The van der Waals surface area contributed by atoms with Crippen LogP contribution in [0.25, 0.3) is 0 Å². The van der Waals surface area contributed by atoms with Gasteiger partial charge in [0.15, 0.2) is 0 Å². The van der Waals surface area contributed by atoms with Gasteiger partial charge in [-0.3, -0.25) is 4.79 Å².